The van der Waals surface area contributed by atoms with E-state index >= 15 is 0 Å². The summed E-state index contributed by atoms with van der Waals surface area (Å²) in [4.78, 5) is 23.7. The Morgan fingerprint density at radius 3 is 2.10 bits per heavy atom. The Bertz CT molecular complexity index is 1110. The SMILES string of the molecule is O=C(O)/C(=C\c1ccc(Oc2ccccc2C(F)(F)F)cc1)NC(=O)c1ccccc1. The van der Waals surface area contributed by atoms with Crippen LogP contribution in [0.4, 0.5) is 13.2 Å². The minimum absolute atomic E-state index is 0.138. The number of rotatable bonds is 6. The van der Waals surface area contributed by atoms with Crippen molar-refractivity contribution in [2.75, 3.05) is 0 Å². The van der Waals surface area contributed by atoms with Crippen LogP contribution in [0.1, 0.15) is 21.5 Å². The van der Waals surface area contributed by atoms with Crippen LogP contribution in [-0.4, -0.2) is 17.0 Å². The molecule has 0 aromatic heterocycles. The van der Waals surface area contributed by atoms with E-state index < -0.39 is 23.6 Å². The number of halogens is 3. The first-order chi connectivity index (χ1) is 14.7. The van der Waals surface area contributed by atoms with Crippen molar-refractivity contribution < 1.29 is 32.6 Å². The molecule has 3 rings (SSSR count). The van der Waals surface area contributed by atoms with Crippen LogP contribution in [0.15, 0.2) is 84.6 Å². The van der Waals surface area contributed by atoms with Gasteiger partial charge >= 0.3 is 12.1 Å². The number of carbonyl (C=O) groups is 2. The Morgan fingerprint density at radius 1 is 0.871 bits per heavy atom. The molecule has 5 nitrogen and oxygen atoms in total. The van der Waals surface area contributed by atoms with E-state index in [4.69, 9.17) is 4.74 Å². The van der Waals surface area contributed by atoms with Crippen LogP contribution in [0.2, 0.25) is 0 Å². The van der Waals surface area contributed by atoms with Crippen LogP contribution in [0, 0.1) is 0 Å². The molecule has 0 saturated carbocycles. The lowest BCUT2D eigenvalue weighted by atomic mass is 10.1. The molecule has 1 amide bonds. The van der Waals surface area contributed by atoms with Crippen molar-refractivity contribution in [2.45, 2.75) is 6.18 Å². The Hall–Kier alpha value is -4.07. The maximum absolute atomic E-state index is 13.1. The van der Waals surface area contributed by atoms with E-state index in [1.54, 1.807) is 30.3 Å². The van der Waals surface area contributed by atoms with Gasteiger partial charge in [-0.3, -0.25) is 4.79 Å². The highest BCUT2D eigenvalue weighted by molar-refractivity contribution is 6.02. The minimum Gasteiger partial charge on any atom is -0.477 e. The second-order valence-corrected chi connectivity index (χ2v) is 6.35. The predicted molar refractivity (Wildman–Crippen MR) is 107 cm³/mol. The molecule has 0 unspecified atom stereocenters. The zero-order valence-electron chi connectivity index (χ0n) is 15.9. The van der Waals surface area contributed by atoms with E-state index in [0.29, 0.717) is 11.1 Å². The summed E-state index contributed by atoms with van der Waals surface area (Å²) in [5, 5.41) is 11.7. The molecule has 3 aromatic carbocycles. The van der Waals surface area contributed by atoms with Gasteiger partial charge in [0.15, 0.2) is 0 Å². The van der Waals surface area contributed by atoms with Crippen LogP contribution >= 0.6 is 0 Å². The van der Waals surface area contributed by atoms with Crippen molar-refractivity contribution >= 4 is 18.0 Å². The minimum atomic E-state index is -4.56. The van der Waals surface area contributed by atoms with Gasteiger partial charge in [-0.15, -0.1) is 0 Å². The summed E-state index contributed by atoms with van der Waals surface area (Å²) in [6.07, 6.45) is -3.33. The summed E-state index contributed by atoms with van der Waals surface area (Å²) in [7, 11) is 0. The van der Waals surface area contributed by atoms with E-state index in [2.05, 4.69) is 5.32 Å². The smallest absolute Gasteiger partial charge is 0.419 e. The zero-order chi connectivity index (χ0) is 22.4. The van der Waals surface area contributed by atoms with Crippen LogP contribution in [0.5, 0.6) is 11.5 Å². The number of amides is 1. The molecule has 8 heteroatoms. The van der Waals surface area contributed by atoms with Gasteiger partial charge in [0.05, 0.1) is 5.56 Å². The number of aliphatic carboxylic acids is 1. The van der Waals surface area contributed by atoms with E-state index in [-0.39, 0.29) is 17.2 Å². The van der Waals surface area contributed by atoms with Crippen molar-refractivity contribution in [3.63, 3.8) is 0 Å². The third kappa shape index (κ3) is 5.72. The van der Waals surface area contributed by atoms with Gasteiger partial charge in [0, 0.05) is 5.56 Å². The number of hydrogen-bond donors (Lipinski definition) is 2. The molecule has 0 bridgehead atoms. The summed E-state index contributed by atoms with van der Waals surface area (Å²) in [5.74, 6) is -2.14. The fourth-order valence-electron chi connectivity index (χ4n) is 2.65. The van der Waals surface area contributed by atoms with Crippen molar-refractivity contribution in [2.24, 2.45) is 0 Å². The Balaban J connectivity index is 1.78. The number of nitrogens with one attached hydrogen (secondary N) is 1. The van der Waals surface area contributed by atoms with Gasteiger partial charge in [-0.2, -0.15) is 13.2 Å². The number of carboxylic acid groups (broad SMARTS) is 1. The highest BCUT2D eigenvalue weighted by Gasteiger charge is 2.34. The summed E-state index contributed by atoms with van der Waals surface area (Å²) >= 11 is 0. The Morgan fingerprint density at radius 2 is 1.48 bits per heavy atom. The molecule has 2 N–H and O–H groups in total. The van der Waals surface area contributed by atoms with E-state index in [1.165, 1.54) is 48.5 Å². The number of para-hydroxylation sites is 1. The molecule has 0 saturated heterocycles. The topological polar surface area (TPSA) is 75.6 Å². The van der Waals surface area contributed by atoms with Crippen molar-refractivity contribution in [3.05, 3.63) is 101 Å². The maximum Gasteiger partial charge on any atom is 0.419 e. The van der Waals surface area contributed by atoms with E-state index in [9.17, 15) is 27.9 Å². The number of alkyl halides is 3. The number of hydrogen-bond acceptors (Lipinski definition) is 3. The van der Waals surface area contributed by atoms with Crippen molar-refractivity contribution in [3.8, 4) is 11.5 Å². The first-order valence-corrected chi connectivity index (χ1v) is 8.99. The van der Waals surface area contributed by atoms with Gasteiger partial charge in [0.2, 0.25) is 0 Å². The molecular weight excluding hydrogens is 411 g/mol. The fraction of sp³-hybridized carbons (Fsp3) is 0.0435. The molecule has 0 heterocycles. The largest absolute Gasteiger partial charge is 0.477 e. The van der Waals surface area contributed by atoms with Crippen LogP contribution < -0.4 is 10.1 Å². The third-order valence-electron chi connectivity index (χ3n) is 4.13. The number of ether oxygens (including phenoxy) is 1. The average Bonchev–Trinajstić information content (AvgIpc) is 2.74. The second kappa shape index (κ2) is 9.17. The van der Waals surface area contributed by atoms with Crippen molar-refractivity contribution in [1.82, 2.24) is 5.32 Å². The lowest BCUT2D eigenvalue weighted by Crippen LogP contribution is -2.27. The molecule has 0 fully saturated rings. The first kappa shape index (κ1) is 21.6. The molecule has 0 atom stereocenters. The summed E-state index contributed by atoms with van der Waals surface area (Å²) in [6, 6.07) is 18.6. The normalized spacial score (nSPS) is 11.6. The lowest BCUT2D eigenvalue weighted by molar-refractivity contribution is -0.138. The molecule has 158 valence electrons. The Kier molecular flexibility index (Phi) is 6.40. The fourth-order valence-corrected chi connectivity index (χ4v) is 2.65. The zero-order valence-corrected chi connectivity index (χ0v) is 15.9. The molecule has 0 radical (unpaired) electrons. The number of benzene rings is 3. The average molecular weight is 427 g/mol. The Labute approximate surface area is 175 Å². The maximum atomic E-state index is 13.1. The quantitative estimate of drug-likeness (QED) is 0.520. The lowest BCUT2D eigenvalue weighted by Gasteiger charge is -2.13. The van der Waals surface area contributed by atoms with Gasteiger partial charge in [-0.05, 0) is 48.0 Å². The second-order valence-electron chi connectivity index (χ2n) is 6.35. The van der Waals surface area contributed by atoms with Crippen LogP contribution in [0.3, 0.4) is 0 Å². The molecule has 31 heavy (non-hydrogen) atoms. The molecule has 3 aromatic rings. The van der Waals surface area contributed by atoms with Gasteiger partial charge in [0.1, 0.15) is 17.2 Å². The predicted octanol–water partition coefficient (Wildman–Crippen LogP) is 5.35. The molecule has 0 spiro atoms. The highest BCUT2D eigenvalue weighted by atomic mass is 19.4. The molecule has 0 aliphatic rings. The highest BCUT2D eigenvalue weighted by Crippen LogP contribution is 2.37. The third-order valence-corrected chi connectivity index (χ3v) is 4.13. The van der Waals surface area contributed by atoms with Gasteiger partial charge in [0.25, 0.3) is 5.91 Å². The molecular formula is C23H16F3NO4. The van der Waals surface area contributed by atoms with Gasteiger partial charge in [-0.25, -0.2) is 4.79 Å². The van der Waals surface area contributed by atoms with E-state index in [0.717, 1.165) is 6.07 Å². The monoisotopic (exact) mass is 427 g/mol. The van der Waals surface area contributed by atoms with E-state index in [1.807, 2.05) is 0 Å². The van der Waals surface area contributed by atoms with Gasteiger partial charge in [-0.1, -0.05) is 42.5 Å². The van der Waals surface area contributed by atoms with Crippen LogP contribution in [-0.2, 0) is 11.0 Å². The standard InChI is InChI=1S/C23H16F3NO4/c24-23(25,26)18-8-4-5-9-20(18)31-17-12-10-15(11-13-17)14-19(22(29)30)27-21(28)16-6-2-1-3-7-16/h1-14H,(H,27,28)(H,29,30)/b19-14+. The summed E-state index contributed by atoms with van der Waals surface area (Å²) in [5.41, 5.74) is -0.565. The van der Waals surface area contributed by atoms with Gasteiger partial charge < -0.3 is 15.2 Å². The molecule has 0 aliphatic carbocycles. The first-order valence-electron chi connectivity index (χ1n) is 8.99. The number of carbonyl (C=O) groups excluding carboxylic acids is 1. The van der Waals surface area contributed by atoms with Crippen molar-refractivity contribution in [1.29, 1.82) is 0 Å². The van der Waals surface area contributed by atoms with Crippen LogP contribution in [0.25, 0.3) is 6.08 Å². The molecule has 0 aliphatic heterocycles. The summed E-state index contributed by atoms with van der Waals surface area (Å²) in [6.45, 7) is 0. The number of carboxylic acids is 1. The summed E-state index contributed by atoms with van der Waals surface area (Å²) < 4.78 is 44.6.